The Morgan fingerprint density at radius 3 is 2.54 bits per heavy atom. The highest BCUT2D eigenvalue weighted by atomic mass is 15.2. The van der Waals surface area contributed by atoms with Crippen LogP contribution in [0.4, 0.5) is 0 Å². The first-order valence-corrected chi connectivity index (χ1v) is 15.9. The van der Waals surface area contributed by atoms with Gasteiger partial charge in [0.25, 0.3) is 0 Å². The fraction of sp³-hybridized carbons (Fsp3) is 0.600. The number of likely N-dealkylation sites (tertiary alicyclic amines) is 1. The van der Waals surface area contributed by atoms with Crippen molar-refractivity contribution in [3.8, 4) is 0 Å². The van der Waals surface area contributed by atoms with Gasteiger partial charge in [0.15, 0.2) is 0 Å². The molecule has 214 valence electrons. The van der Waals surface area contributed by atoms with Crippen molar-refractivity contribution in [2.75, 3.05) is 32.8 Å². The molecule has 1 spiro atoms. The lowest BCUT2D eigenvalue weighted by molar-refractivity contribution is 0.198. The first kappa shape index (κ1) is 31.3. The summed E-state index contributed by atoms with van der Waals surface area (Å²) in [6, 6.07) is 8.92. The molecule has 1 saturated heterocycles. The van der Waals surface area contributed by atoms with E-state index < -0.39 is 0 Å². The topological polar surface area (TPSA) is 18.5 Å². The van der Waals surface area contributed by atoms with Gasteiger partial charge in [-0.2, -0.15) is 0 Å². The highest BCUT2D eigenvalue weighted by Crippen LogP contribution is 2.45. The smallest absolute Gasteiger partial charge is 0.107 e. The van der Waals surface area contributed by atoms with Crippen molar-refractivity contribution in [1.29, 1.82) is 0 Å². The number of nitrogens with one attached hydrogen (secondary N) is 1. The lowest BCUT2D eigenvalue weighted by Gasteiger charge is -2.34. The van der Waals surface area contributed by atoms with Crippen LogP contribution < -0.4 is 5.32 Å². The van der Waals surface area contributed by atoms with E-state index in [4.69, 9.17) is 0 Å². The van der Waals surface area contributed by atoms with Gasteiger partial charge in [-0.1, -0.05) is 101 Å². The number of allylic oxidation sites excluding steroid dienone is 4. The first-order valence-electron chi connectivity index (χ1n) is 15.9. The molecule has 0 aromatic heterocycles. The molecule has 0 bridgehead atoms. The van der Waals surface area contributed by atoms with E-state index in [0.717, 1.165) is 51.2 Å². The van der Waals surface area contributed by atoms with Gasteiger partial charge in [-0.3, -0.25) is 5.32 Å². The van der Waals surface area contributed by atoms with Crippen molar-refractivity contribution >= 4 is 7.85 Å². The molecule has 1 aliphatic heterocycles. The van der Waals surface area contributed by atoms with E-state index in [9.17, 15) is 0 Å². The van der Waals surface area contributed by atoms with Crippen molar-refractivity contribution in [3.05, 3.63) is 83.7 Å². The van der Waals surface area contributed by atoms with Crippen LogP contribution in [0.25, 0.3) is 0 Å². The predicted molar refractivity (Wildman–Crippen MR) is 174 cm³/mol. The Morgan fingerprint density at radius 2 is 1.87 bits per heavy atom. The SMILES string of the molecule is BCc1ccccc1CCC(C)CNCN(CC)/C(=C\C=C(/C=C)C(=C)N1CCC2(CCCCC2)C1)CCC. The van der Waals surface area contributed by atoms with Gasteiger partial charge in [0.1, 0.15) is 7.85 Å². The number of nitrogens with zero attached hydrogens (tertiary/aromatic N) is 2. The third kappa shape index (κ3) is 9.17. The van der Waals surface area contributed by atoms with Crippen molar-refractivity contribution in [1.82, 2.24) is 15.1 Å². The van der Waals surface area contributed by atoms with Gasteiger partial charge in [0, 0.05) is 31.0 Å². The number of hydrogen-bond acceptors (Lipinski definition) is 3. The molecule has 1 atom stereocenters. The van der Waals surface area contributed by atoms with Gasteiger partial charge in [0.05, 0.1) is 6.67 Å². The highest BCUT2D eigenvalue weighted by molar-refractivity contribution is 6.08. The fourth-order valence-electron chi connectivity index (χ4n) is 6.64. The molecule has 1 aromatic carbocycles. The summed E-state index contributed by atoms with van der Waals surface area (Å²) in [5, 5.41) is 3.76. The lowest BCUT2D eigenvalue weighted by atomic mass is 9.73. The molecule has 1 aromatic rings. The summed E-state index contributed by atoms with van der Waals surface area (Å²) in [5.41, 5.74) is 7.27. The quantitative estimate of drug-likeness (QED) is 0.139. The maximum Gasteiger partial charge on any atom is 0.107 e. The Labute approximate surface area is 241 Å². The maximum atomic E-state index is 4.53. The van der Waals surface area contributed by atoms with Crippen LogP contribution in [0.1, 0.15) is 89.7 Å². The maximum absolute atomic E-state index is 4.53. The van der Waals surface area contributed by atoms with Crippen molar-refractivity contribution in [2.24, 2.45) is 11.3 Å². The second kappa shape index (κ2) is 16.2. The van der Waals surface area contributed by atoms with Crippen LogP contribution in [-0.2, 0) is 12.7 Å². The fourth-order valence-corrected chi connectivity index (χ4v) is 6.64. The Bertz CT molecular complexity index is 972. The summed E-state index contributed by atoms with van der Waals surface area (Å²) in [6.45, 7) is 20.9. The molecule has 1 aliphatic carbocycles. The number of benzene rings is 1. The monoisotopic (exact) mass is 529 g/mol. The normalized spacial score (nSPS) is 18.4. The van der Waals surface area contributed by atoms with Crippen LogP contribution in [0.3, 0.4) is 0 Å². The van der Waals surface area contributed by atoms with E-state index in [1.807, 2.05) is 6.08 Å². The third-order valence-electron chi connectivity index (χ3n) is 9.24. The number of hydrogen-bond donors (Lipinski definition) is 1. The number of rotatable bonds is 16. The molecule has 1 saturated carbocycles. The molecule has 1 N–H and O–H groups in total. The summed E-state index contributed by atoms with van der Waals surface area (Å²) < 4.78 is 0. The van der Waals surface area contributed by atoms with Crippen LogP contribution in [0.15, 0.2) is 72.6 Å². The van der Waals surface area contributed by atoms with Crippen LogP contribution in [0.2, 0.25) is 0 Å². The minimum atomic E-state index is 0.540. The molecule has 2 aliphatic rings. The van der Waals surface area contributed by atoms with E-state index in [0.29, 0.717) is 11.3 Å². The van der Waals surface area contributed by atoms with E-state index in [1.54, 1.807) is 0 Å². The molecule has 0 radical (unpaired) electrons. The Kier molecular flexibility index (Phi) is 13.0. The van der Waals surface area contributed by atoms with Crippen LogP contribution >= 0.6 is 0 Å². The molecule has 2 fully saturated rings. The van der Waals surface area contributed by atoms with Gasteiger partial charge in [-0.25, -0.2) is 0 Å². The lowest BCUT2D eigenvalue weighted by Crippen LogP contribution is -2.35. The standard InChI is InChI=1S/C35H56BN3/c1-6-14-34(20-19-31(7-2)30(5)39-24-23-35(27-39)21-12-9-13-22-35)38(8-3)28-37-26-29(4)17-18-32-15-10-11-16-33(32)25-36/h7,10-11,15-16,19-20,29,37H,2,5-6,8-9,12-14,17-18,21-28,36H2,1,3-4H3/b31-19+,34-20-. The van der Waals surface area contributed by atoms with Crippen molar-refractivity contribution < 1.29 is 0 Å². The van der Waals surface area contributed by atoms with E-state index >= 15 is 0 Å². The zero-order chi connectivity index (χ0) is 28.1. The molecule has 1 unspecified atom stereocenters. The minimum absolute atomic E-state index is 0.540. The Balaban J connectivity index is 1.55. The zero-order valence-electron chi connectivity index (χ0n) is 25.7. The van der Waals surface area contributed by atoms with Gasteiger partial charge >= 0.3 is 0 Å². The largest absolute Gasteiger partial charge is 0.371 e. The second-order valence-electron chi connectivity index (χ2n) is 12.1. The van der Waals surface area contributed by atoms with Crippen molar-refractivity contribution in [3.63, 3.8) is 0 Å². The van der Waals surface area contributed by atoms with E-state index in [2.05, 4.69) is 93.3 Å². The zero-order valence-corrected chi connectivity index (χ0v) is 25.7. The second-order valence-corrected chi connectivity index (χ2v) is 12.1. The molecule has 0 amide bonds. The van der Waals surface area contributed by atoms with Gasteiger partial charge in [-0.05, 0) is 80.5 Å². The third-order valence-corrected chi connectivity index (χ3v) is 9.24. The Morgan fingerprint density at radius 1 is 1.13 bits per heavy atom. The molecule has 39 heavy (non-hydrogen) atoms. The molecular weight excluding hydrogens is 473 g/mol. The summed E-state index contributed by atoms with van der Waals surface area (Å²) >= 11 is 0. The summed E-state index contributed by atoms with van der Waals surface area (Å²) in [7, 11) is 2.26. The molecule has 4 heteroatoms. The Hall–Kier alpha value is -2.20. The summed E-state index contributed by atoms with van der Waals surface area (Å²) in [5.74, 6) is 0.649. The van der Waals surface area contributed by atoms with Gasteiger partial charge in [0.2, 0.25) is 0 Å². The van der Waals surface area contributed by atoms with Gasteiger partial charge in [-0.15, -0.1) is 0 Å². The van der Waals surface area contributed by atoms with Crippen LogP contribution in [-0.4, -0.2) is 50.5 Å². The predicted octanol–water partition coefficient (Wildman–Crippen LogP) is 7.22. The van der Waals surface area contributed by atoms with E-state index in [1.165, 1.54) is 80.3 Å². The minimum Gasteiger partial charge on any atom is -0.371 e. The molecule has 3 nitrogen and oxygen atoms in total. The molecular formula is C35H56BN3. The van der Waals surface area contributed by atoms with Crippen LogP contribution in [0.5, 0.6) is 0 Å². The van der Waals surface area contributed by atoms with Crippen molar-refractivity contribution in [2.45, 2.75) is 91.3 Å². The first-order chi connectivity index (χ1) is 18.9. The summed E-state index contributed by atoms with van der Waals surface area (Å²) in [6.07, 6.45) is 20.7. The molecule has 3 rings (SSSR count). The highest BCUT2D eigenvalue weighted by Gasteiger charge is 2.39. The average Bonchev–Trinajstić information content (AvgIpc) is 3.37. The number of aryl methyl sites for hydroxylation is 1. The summed E-state index contributed by atoms with van der Waals surface area (Å²) in [4.78, 5) is 5.03. The average molecular weight is 530 g/mol. The molecule has 1 heterocycles. The van der Waals surface area contributed by atoms with E-state index in [-0.39, 0.29) is 0 Å². The van der Waals surface area contributed by atoms with Gasteiger partial charge < -0.3 is 9.80 Å². The van der Waals surface area contributed by atoms with Crippen LogP contribution in [0, 0.1) is 11.3 Å².